The predicted molar refractivity (Wildman–Crippen MR) is 88.1 cm³/mol. The Labute approximate surface area is 137 Å². The van der Waals surface area contributed by atoms with E-state index >= 15 is 0 Å². The number of nitriles is 1. The van der Waals surface area contributed by atoms with Crippen LogP contribution in [-0.2, 0) is 4.79 Å². The highest BCUT2D eigenvalue weighted by Crippen LogP contribution is 2.33. The molecule has 2 aliphatic rings. The molecule has 0 unspecified atom stereocenters. The minimum Gasteiger partial charge on any atom is -0.356 e. The first-order chi connectivity index (χ1) is 11.0. The number of nitrogens with one attached hydrogen (secondary N) is 1. The zero-order chi connectivity index (χ0) is 16.4. The second kappa shape index (κ2) is 6.17. The maximum atomic E-state index is 11.7. The van der Waals surface area contributed by atoms with Crippen molar-refractivity contribution in [3.63, 3.8) is 0 Å². The Bertz CT molecular complexity index is 653. The van der Waals surface area contributed by atoms with Crippen LogP contribution in [0.4, 0.5) is 5.82 Å². The van der Waals surface area contributed by atoms with E-state index in [0.29, 0.717) is 18.5 Å². The van der Waals surface area contributed by atoms with E-state index in [0.717, 1.165) is 44.0 Å². The Hall–Kier alpha value is -2.13. The predicted octanol–water partition coefficient (Wildman–Crippen LogP) is 1.05. The van der Waals surface area contributed by atoms with Crippen LogP contribution in [0.1, 0.15) is 30.5 Å². The van der Waals surface area contributed by atoms with Crippen molar-refractivity contribution in [2.45, 2.75) is 31.7 Å². The molecule has 1 N–H and O–H groups in total. The molecule has 0 aliphatic carbocycles. The fourth-order valence-electron chi connectivity index (χ4n) is 3.65. The van der Waals surface area contributed by atoms with E-state index in [9.17, 15) is 10.1 Å². The van der Waals surface area contributed by atoms with Gasteiger partial charge in [-0.05, 0) is 38.9 Å². The van der Waals surface area contributed by atoms with Crippen molar-refractivity contribution >= 4 is 11.7 Å². The minimum absolute atomic E-state index is 0.0322. The summed E-state index contributed by atoms with van der Waals surface area (Å²) in [5.41, 5.74) is 1.51. The molecule has 1 atom stereocenters. The number of piperazine rings is 1. The van der Waals surface area contributed by atoms with Crippen LogP contribution >= 0.6 is 0 Å². The molecule has 23 heavy (non-hydrogen) atoms. The number of carbonyl (C=O) groups is 1. The maximum absolute atomic E-state index is 11.7. The van der Waals surface area contributed by atoms with E-state index in [1.165, 1.54) is 0 Å². The standard InChI is InChI=1S/C17H23N5O/c1-13-3-4-14(11-18)16(20-13)22-10-9-21(2)17(12-22)6-5-15(23)19-8-7-17/h3-4H,5-10,12H2,1-2H3,(H,19,23)/t17-/m1/s1. The van der Waals surface area contributed by atoms with Crippen molar-refractivity contribution in [2.75, 3.05) is 38.1 Å². The van der Waals surface area contributed by atoms with Crippen molar-refractivity contribution in [1.82, 2.24) is 15.2 Å². The summed E-state index contributed by atoms with van der Waals surface area (Å²) < 4.78 is 0. The lowest BCUT2D eigenvalue weighted by Crippen LogP contribution is -2.61. The fourth-order valence-corrected chi connectivity index (χ4v) is 3.65. The van der Waals surface area contributed by atoms with Crippen LogP contribution in [0.2, 0.25) is 0 Å². The van der Waals surface area contributed by atoms with Crippen molar-refractivity contribution in [3.05, 3.63) is 23.4 Å². The van der Waals surface area contributed by atoms with E-state index in [1.54, 1.807) is 0 Å². The van der Waals surface area contributed by atoms with Crippen LogP contribution in [0.15, 0.2) is 12.1 Å². The van der Waals surface area contributed by atoms with E-state index < -0.39 is 0 Å². The third kappa shape index (κ3) is 3.02. The number of nitrogens with zero attached hydrogens (tertiary/aromatic N) is 4. The second-order valence-corrected chi connectivity index (χ2v) is 6.60. The minimum atomic E-state index is -0.0322. The lowest BCUT2D eigenvalue weighted by molar-refractivity contribution is -0.120. The molecule has 1 aromatic heterocycles. The van der Waals surface area contributed by atoms with Gasteiger partial charge in [-0.15, -0.1) is 0 Å². The summed E-state index contributed by atoms with van der Waals surface area (Å²) in [5.74, 6) is 0.919. The quantitative estimate of drug-likeness (QED) is 0.839. The van der Waals surface area contributed by atoms with Crippen molar-refractivity contribution in [3.8, 4) is 6.07 Å². The van der Waals surface area contributed by atoms with Gasteiger partial charge < -0.3 is 10.2 Å². The smallest absolute Gasteiger partial charge is 0.220 e. The first-order valence-electron chi connectivity index (χ1n) is 8.15. The zero-order valence-corrected chi connectivity index (χ0v) is 13.8. The van der Waals surface area contributed by atoms with Gasteiger partial charge in [-0.25, -0.2) is 4.98 Å². The normalized spacial score (nSPS) is 25.8. The van der Waals surface area contributed by atoms with Crippen molar-refractivity contribution < 1.29 is 4.79 Å². The van der Waals surface area contributed by atoms with Crippen molar-refractivity contribution in [1.29, 1.82) is 5.26 Å². The lowest BCUT2D eigenvalue weighted by atomic mass is 9.86. The summed E-state index contributed by atoms with van der Waals surface area (Å²) in [6.45, 7) is 5.23. The van der Waals surface area contributed by atoms with E-state index in [-0.39, 0.29) is 11.4 Å². The van der Waals surface area contributed by atoms with Crippen LogP contribution in [0.25, 0.3) is 0 Å². The Morgan fingerprint density at radius 3 is 2.96 bits per heavy atom. The SMILES string of the molecule is Cc1ccc(C#N)c(N2CCN(C)[C@]3(CCNC(=O)CC3)C2)n1. The Morgan fingerprint density at radius 2 is 2.17 bits per heavy atom. The number of aromatic nitrogens is 1. The summed E-state index contributed by atoms with van der Waals surface area (Å²) in [6.07, 6.45) is 2.34. The first kappa shape index (κ1) is 15.8. The molecule has 0 bridgehead atoms. The summed E-state index contributed by atoms with van der Waals surface area (Å²) in [7, 11) is 2.14. The van der Waals surface area contributed by atoms with Crippen LogP contribution in [0.5, 0.6) is 0 Å². The van der Waals surface area contributed by atoms with Gasteiger partial charge in [0.05, 0.1) is 5.56 Å². The highest BCUT2D eigenvalue weighted by molar-refractivity contribution is 5.76. The van der Waals surface area contributed by atoms with E-state index in [1.807, 2.05) is 19.1 Å². The monoisotopic (exact) mass is 313 g/mol. The third-order valence-corrected chi connectivity index (χ3v) is 5.16. The Morgan fingerprint density at radius 1 is 1.35 bits per heavy atom. The van der Waals surface area contributed by atoms with Gasteiger partial charge in [0, 0.05) is 43.8 Å². The molecule has 2 saturated heterocycles. The van der Waals surface area contributed by atoms with Crippen LogP contribution in [0.3, 0.4) is 0 Å². The molecular formula is C17H23N5O. The fraction of sp³-hybridized carbons (Fsp3) is 0.588. The molecule has 0 saturated carbocycles. The average Bonchev–Trinajstić information content (AvgIpc) is 2.73. The summed E-state index contributed by atoms with van der Waals surface area (Å²) in [5, 5.41) is 12.4. The molecule has 3 heterocycles. The van der Waals surface area contributed by atoms with Gasteiger partial charge in [0.15, 0.2) is 0 Å². The average molecular weight is 313 g/mol. The number of carbonyl (C=O) groups excluding carboxylic acids is 1. The van der Waals surface area contributed by atoms with E-state index in [4.69, 9.17) is 0 Å². The van der Waals surface area contributed by atoms with Gasteiger partial charge in [-0.2, -0.15) is 5.26 Å². The number of likely N-dealkylation sites (N-methyl/N-ethyl adjacent to an activating group) is 1. The van der Waals surface area contributed by atoms with E-state index in [2.05, 4.69) is 33.2 Å². The van der Waals surface area contributed by atoms with Crippen molar-refractivity contribution in [2.24, 2.45) is 0 Å². The van der Waals surface area contributed by atoms with Gasteiger partial charge in [0.1, 0.15) is 11.9 Å². The number of rotatable bonds is 1. The number of pyridine rings is 1. The topological polar surface area (TPSA) is 72.3 Å². The molecule has 1 aromatic rings. The Balaban J connectivity index is 1.90. The highest BCUT2D eigenvalue weighted by Gasteiger charge is 2.41. The molecule has 6 heteroatoms. The van der Waals surface area contributed by atoms with Crippen LogP contribution < -0.4 is 10.2 Å². The number of hydrogen-bond donors (Lipinski definition) is 1. The number of hydrogen-bond acceptors (Lipinski definition) is 5. The van der Waals surface area contributed by atoms with Gasteiger partial charge in [-0.1, -0.05) is 0 Å². The summed E-state index contributed by atoms with van der Waals surface area (Å²) >= 11 is 0. The number of amides is 1. The van der Waals surface area contributed by atoms with Crippen LogP contribution in [0, 0.1) is 18.3 Å². The molecule has 1 spiro atoms. The van der Waals surface area contributed by atoms with Crippen LogP contribution in [-0.4, -0.2) is 54.6 Å². The largest absolute Gasteiger partial charge is 0.356 e. The van der Waals surface area contributed by atoms with Gasteiger partial charge in [0.25, 0.3) is 0 Å². The maximum Gasteiger partial charge on any atom is 0.220 e. The second-order valence-electron chi connectivity index (χ2n) is 6.60. The van der Waals surface area contributed by atoms with Gasteiger partial charge >= 0.3 is 0 Å². The summed E-state index contributed by atoms with van der Waals surface area (Å²) in [6, 6.07) is 5.98. The lowest BCUT2D eigenvalue weighted by Gasteiger charge is -2.49. The zero-order valence-electron chi connectivity index (χ0n) is 13.8. The molecule has 2 aliphatic heterocycles. The third-order valence-electron chi connectivity index (χ3n) is 5.16. The molecule has 2 fully saturated rings. The number of anilines is 1. The first-order valence-corrected chi connectivity index (χ1v) is 8.15. The molecule has 6 nitrogen and oxygen atoms in total. The van der Waals surface area contributed by atoms with Gasteiger partial charge in [-0.3, -0.25) is 9.69 Å². The molecule has 0 aromatic carbocycles. The molecular weight excluding hydrogens is 290 g/mol. The molecule has 3 rings (SSSR count). The molecule has 1 amide bonds. The highest BCUT2D eigenvalue weighted by atomic mass is 16.1. The Kier molecular flexibility index (Phi) is 4.22. The van der Waals surface area contributed by atoms with Gasteiger partial charge in [0.2, 0.25) is 5.91 Å². The summed E-state index contributed by atoms with van der Waals surface area (Å²) in [4.78, 5) is 20.9. The number of aryl methyl sites for hydroxylation is 1. The molecule has 122 valence electrons. The molecule has 0 radical (unpaired) electrons.